The summed E-state index contributed by atoms with van der Waals surface area (Å²) in [4.78, 5) is 9.84. The Kier molecular flexibility index (Phi) is 0.765. The molecule has 1 atom stereocenters. The summed E-state index contributed by atoms with van der Waals surface area (Å²) in [7, 11) is 0. The van der Waals surface area contributed by atoms with Crippen molar-refractivity contribution in [1.29, 1.82) is 0 Å². The van der Waals surface area contributed by atoms with Crippen LogP contribution in [0.5, 0.6) is 0 Å². The van der Waals surface area contributed by atoms with Gasteiger partial charge in [-0.1, -0.05) is 0 Å². The van der Waals surface area contributed by atoms with Crippen molar-refractivity contribution in [2.45, 2.75) is 11.9 Å². The van der Waals surface area contributed by atoms with Gasteiger partial charge in [0.15, 0.2) is 5.44 Å². The predicted molar refractivity (Wildman–Crippen MR) is 23.5 cm³/mol. The molecule has 6 heavy (non-hydrogen) atoms. The lowest BCUT2D eigenvalue weighted by molar-refractivity contribution is -0.160. The van der Waals surface area contributed by atoms with Gasteiger partial charge in [-0.05, 0) is 0 Å². The van der Waals surface area contributed by atoms with Crippen molar-refractivity contribution < 1.29 is 9.53 Å². The van der Waals surface area contributed by atoms with E-state index < -0.39 is 0 Å². The molecular weight excluding hydrogens is 100 g/mol. The van der Waals surface area contributed by atoms with E-state index in [-0.39, 0.29) is 11.4 Å². The molecule has 1 rings (SSSR count). The van der Waals surface area contributed by atoms with E-state index >= 15 is 0 Å². The first-order valence-corrected chi connectivity index (χ1v) is 2.18. The van der Waals surface area contributed by atoms with E-state index in [1.165, 1.54) is 0 Å². The summed E-state index contributed by atoms with van der Waals surface area (Å²) in [6, 6.07) is 0. The monoisotopic (exact) mass is 104 g/mol. The molecule has 0 spiro atoms. The summed E-state index contributed by atoms with van der Waals surface area (Å²) in [5.74, 6) is -0.144. The minimum Gasteiger partial charge on any atom is -0.451 e. The maximum absolute atomic E-state index is 9.84. The first-order chi connectivity index (χ1) is 2.79. The van der Waals surface area contributed by atoms with Crippen molar-refractivity contribution in [3.8, 4) is 0 Å². The van der Waals surface area contributed by atoms with Crippen LogP contribution in [0.4, 0.5) is 0 Å². The zero-order valence-electron chi connectivity index (χ0n) is 3.05. The second kappa shape index (κ2) is 1.15. The van der Waals surface area contributed by atoms with E-state index in [1.54, 1.807) is 0 Å². The molecule has 0 amide bonds. The zero-order chi connectivity index (χ0) is 4.57. The molecule has 1 heterocycles. The zero-order valence-corrected chi connectivity index (χ0v) is 3.94. The molecular formula is C3H4O2S. The van der Waals surface area contributed by atoms with E-state index in [4.69, 9.17) is 0 Å². The third-order valence-electron chi connectivity index (χ3n) is 0.609. The Morgan fingerprint density at radius 1 is 2.00 bits per heavy atom. The third kappa shape index (κ3) is 0.497. The van der Waals surface area contributed by atoms with Crippen molar-refractivity contribution in [3.63, 3.8) is 0 Å². The fraction of sp³-hybridized carbons (Fsp3) is 0.667. The number of carbonyl (C=O) groups is 1. The number of esters is 1. The minimum atomic E-state index is -0.144. The van der Waals surface area contributed by atoms with Gasteiger partial charge in [0.1, 0.15) is 0 Å². The van der Waals surface area contributed by atoms with Gasteiger partial charge in [-0.15, -0.1) is 12.6 Å². The average Bonchev–Trinajstić information content (AvgIpc) is 1.33. The molecule has 1 saturated heterocycles. The summed E-state index contributed by atoms with van der Waals surface area (Å²) in [6.45, 7) is 0. The number of thiol groups is 1. The molecule has 1 fully saturated rings. The number of hydrogen-bond donors (Lipinski definition) is 1. The lowest BCUT2D eigenvalue weighted by atomic mass is 10.4. The van der Waals surface area contributed by atoms with Crippen LogP contribution in [0.3, 0.4) is 0 Å². The van der Waals surface area contributed by atoms with E-state index in [1.807, 2.05) is 0 Å². The van der Waals surface area contributed by atoms with Crippen LogP contribution < -0.4 is 0 Å². The topological polar surface area (TPSA) is 26.3 Å². The maximum atomic E-state index is 9.84. The molecule has 1 unspecified atom stereocenters. The van der Waals surface area contributed by atoms with Gasteiger partial charge in [0.2, 0.25) is 0 Å². The highest BCUT2D eigenvalue weighted by Crippen LogP contribution is 2.14. The van der Waals surface area contributed by atoms with E-state index in [0.717, 1.165) is 0 Å². The average molecular weight is 104 g/mol. The van der Waals surface area contributed by atoms with Gasteiger partial charge >= 0.3 is 5.97 Å². The van der Waals surface area contributed by atoms with Crippen LogP contribution in [0, 0.1) is 0 Å². The Bertz CT molecular complexity index is 72.9. The molecule has 1 aliphatic heterocycles. The summed E-state index contributed by atoms with van der Waals surface area (Å²) in [5.41, 5.74) is -0.113. The Labute approximate surface area is 40.9 Å². The highest BCUT2D eigenvalue weighted by Gasteiger charge is 2.23. The lowest BCUT2D eigenvalue weighted by Gasteiger charge is -2.19. The molecule has 0 radical (unpaired) electrons. The largest absolute Gasteiger partial charge is 0.451 e. The molecule has 34 valence electrons. The summed E-state index contributed by atoms with van der Waals surface area (Å²) < 4.78 is 4.36. The Balaban J connectivity index is 2.28. The number of cyclic esters (lactones) is 1. The number of ether oxygens (including phenoxy) is 1. The fourth-order valence-electron chi connectivity index (χ4n) is 0.285. The third-order valence-corrected chi connectivity index (χ3v) is 0.897. The first kappa shape index (κ1) is 3.99. The second-order valence-electron chi connectivity index (χ2n) is 1.15. The molecule has 0 aromatic rings. The number of hydrogen-bond acceptors (Lipinski definition) is 3. The molecule has 0 saturated carbocycles. The van der Waals surface area contributed by atoms with Crippen LogP contribution in [-0.2, 0) is 9.53 Å². The number of carbonyl (C=O) groups excluding carboxylic acids is 1. The first-order valence-electron chi connectivity index (χ1n) is 1.66. The summed E-state index contributed by atoms with van der Waals surface area (Å²) in [6.07, 6.45) is 0.475. The molecule has 0 aromatic heterocycles. The van der Waals surface area contributed by atoms with E-state index in [9.17, 15) is 4.79 Å². The molecule has 2 nitrogen and oxygen atoms in total. The second-order valence-corrected chi connectivity index (χ2v) is 1.72. The molecule has 0 N–H and O–H groups in total. The molecule has 0 aliphatic carbocycles. The van der Waals surface area contributed by atoms with Crippen molar-refractivity contribution >= 4 is 18.6 Å². The van der Waals surface area contributed by atoms with Gasteiger partial charge < -0.3 is 4.74 Å². The fourth-order valence-corrected chi connectivity index (χ4v) is 0.551. The molecule has 3 heteroatoms. The minimum absolute atomic E-state index is 0.113. The Morgan fingerprint density at radius 2 is 2.50 bits per heavy atom. The lowest BCUT2D eigenvalue weighted by Crippen LogP contribution is -2.27. The van der Waals surface area contributed by atoms with Crippen LogP contribution in [-0.4, -0.2) is 11.4 Å². The van der Waals surface area contributed by atoms with Gasteiger partial charge in [-0.25, -0.2) is 0 Å². The standard InChI is InChI=1S/C3H4O2S/c4-2-1-3(6)5-2/h3,6H,1H2. The van der Waals surface area contributed by atoms with Gasteiger partial charge in [0, 0.05) is 0 Å². The van der Waals surface area contributed by atoms with Crippen molar-refractivity contribution in [2.75, 3.05) is 0 Å². The normalized spacial score (nSPS) is 31.5. The molecule has 0 aromatic carbocycles. The van der Waals surface area contributed by atoms with Gasteiger partial charge in [0.25, 0.3) is 0 Å². The van der Waals surface area contributed by atoms with Crippen LogP contribution in [0.2, 0.25) is 0 Å². The molecule has 1 aliphatic rings. The quantitative estimate of drug-likeness (QED) is 0.350. The van der Waals surface area contributed by atoms with Gasteiger partial charge in [0.05, 0.1) is 6.42 Å². The molecule has 0 bridgehead atoms. The predicted octanol–water partition coefficient (Wildman–Crippen LogP) is 0.189. The SMILES string of the molecule is O=C1CC(S)O1. The summed E-state index contributed by atoms with van der Waals surface area (Å²) in [5, 5.41) is 0. The summed E-state index contributed by atoms with van der Waals surface area (Å²) >= 11 is 3.80. The highest BCUT2D eigenvalue weighted by molar-refractivity contribution is 7.80. The van der Waals surface area contributed by atoms with Crippen molar-refractivity contribution in [1.82, 2.24) is 0 Å². The van der Waals surface area contributed by atoms with Crippen LogP contribution in [0.1, 0.15) is 6.42 Å². The van der Waals surface area contributed by atoms with Crippen LogP contribution in [0.15, 0.2) is 0 Å². The van der Waals surface area contributed by atoms with Gasteiger partial charge in [-0.3, -0.25) is 4.79 Å². The van der Waals surface area contributed by atoms with Crippen molar-refractivity contribution in [2.24, 2.45) is 0 Å². The van der Waals surface area contributed by atoms with Gasteiger partial charge in [-0.2, -0.15) is 0 Å². The Morgan fingerprint density at radius 3 is 2.50 bits per heavy atom. The smallest absolute Gasteiger partial charge is 0.311 e. The number of rotatable bonds is 0. The maximum Gasteiger partial charge on any atom is 0.311 e. The highest BCUT2D eigenvalue weighted by atomic mass is 32.1. The van der Waals surface area contributed by atoms with Crippen LogP contribution >= 0.6 is 12.6 Å². The van der Waals surface area contributed by atoms with Crippen LogP contribution in [0.25, 0.3) is 0 Å². The van der Waals surface area contributed by atoms with Crippen molar-refractivity contribution in [3.05, 3.63) is 0 Å². The van der Waals surface area contributed by atoms with E-state index in [2.05, 4.69) is 17.4 Å². The Hall–Kier alpha value is -0.180. The van der Waals surface area contributed by atoms with E-state index in [0.29, 0.717) is 6.42 Å².